The van der Waals surface area contributed by atoms with Gasteiger partial charge >= 0.3 is 0 Å². The zero-order valence-electron chi connectivity index (χ0n) is 19.7. The van der Waals surface area contributed by atoms with Gasteiger partial charge in [-0.25, -0.2) is 5.43 Å². The van der Waals surface area contributed by atoms with Gasteiger partial charge in [-0.05, 0) is 28.1 Å². The molecule has 186 valence electrons. The highest BCUT2D eigenvalue weighted by Crippen LogP contribution is 2.57. The summed E-state index contributed by atoms with van der Waals surface area (Å²) in [6, 6.07) is 5.24. The largest absolute Gasteiger partial charge is 0.497 e. The molecule has 1 N–H and O–H groups in total. The number of nitrogens with one attached hydrogen (secondary N) is 1. The number of hydrogen-bond donors (Lipinski definition) is 1. The van der Waals surface area contributed by atoms with E-state index in [0.717, 1.165) is 0 Å². The van der Waals surface area contributed by atoms with Gasteiger partial charge in [0, 0.05) is 11.6 Å². The molecule has 35 heavy (non-hydrogen) atoms. The minimum Gasteiger partial charge on any atom is -0.497 e. The van der Waals surface area contributed by atoms with Gasteiger partial charge in [-0.15, -0.1) is 0 Å². The number of carbonyl (C=O) groups is 1. The molecule has 1 amide bonds. The van der Waals surface area contributed by atoms with Crippen LogP contribution in [0.15, 0.2) is 32.9 Å². The van der Waals surface area contributed by atoms with Gasteiger partial charge in [0.1, 0.15) is 11.5 Å². The van der Waals surface area contributed by atoms with Crippen molar-refractivity contribution in [2.24, 2.45) is 16.2 Å². The van der Waals surface area contributed by atoms with Crippen LogP contribution in [-0.4, -0.2) is 53.1 Å². The molecule has 0 bridgehead atoms. The number of hydrazone groups is 1. The Bertz CT molecular complexity index is 1200. The number of fused-ring (bicyclic) bond motifs is 1. The highest BCUT2D eigenvalue weighted by Gasteiger charge is 2.42. The zero-order chi connectivity index (χ0) is 25.1. The fourth-order valence-electron chi connectivity index (χ4n) is 3.82. The summed E-state index contributed by atoms with van der Waals surface area (Å²) in [5.41, 5.74) is 3.89. The number of ether oxygens (including phenoxy) is 6. The average molecular weight is 550 g/mol. The zero-order valence-corrected chi connectivity index (χ0v) is 21.3. The predicted molar refractivity (Wildman–Crippen MR) is 129 cm³/mol. The first kappa shape index (κ1) is 24.5. The lowest BCUT2D eigenvalue weighted by Gasteiger charge is -2.22. The molecule has 2 aromatic rings. The maximum absolute atomic E-state index is 12.8. The van der Waals surface area contributed by atoms with Crippen LogP contribution in [0.2, 0.25) is 0 Å². The summed E-state index contributed by atoms with van der Waals surface area (Å²) in [5, 5.41) is 8.06. The third-order valence-corrected chi connectivity index (χ3v) is 6.38. The van der Waals surface area contributed by atoms with E-state index in [4.69, 9.17) is 33.3 Å². The Balaban J connectivity index is 1.53. The van der Waals surface area contributed by atoms with Crippen LogP contribution in [0.4, 0.5) is 0 Å². The van der Waals surface area contributed by atoms with Gasteiger partial charge in [-0.2, -0.15) is 5.10 Å². The maximum Gasteiger partial charge on any atom is 0.289 e. The molecule has 4 rings (SSSR count). The molecule has 0 spiro atoms. The molecule has 0 aliphatic carbocycles. The van der Waals surface area contributed by atoms with Crippen LogP contribution < -0.4 is 33.8 Å². The van der Waals surface area contributed by atoms with Gasteiger partial charge in [0.25, 0.3) is 5.91 Å². The number of benzene rings is 2. The van der Waals surface area contributed by atoms with Gasteiger partial charge in [0.2, 0.25) is 18.3 Å². The van der Waals surface area contributed by atoms with Crippen molar-refractivity contribution in [3.05, 3.63) is 33.8 Å². The number of rotatable bonds is 8. The molecule has 0 aromatic heterocycles. The molecule has 12 heteroatoms. The van der Waals surface area contributed by atoms with E-state index in [1.54, 1.807) is 25.3 Å². The van der Waals surface area contributed by atoms with Gasteiger partial charge in [0.05, 0.1) is 50.6 Å². The van der Waals surface area contributed by atoms with Crippen LogP contribution >= 0.6 is 15.9 Å². The summed E-state index contributed by atoms with van der Waals surface area (Å²) >= 11 is 3.56. The van der Waals surface area contributed by atoms with Crippen LogP contribution in [0.25, 0.3) is 0 Å². The van der Waals surface area contributed by atoms with Crippen LogP contribution in [0.5, 0.6) is 34.5 Å². The van der Waals surface area contributed by atoms with E-state index in [2.05, 4.69) is 31.6 Å². The Morgan fingerprint density at radius 2 is 1.86 bits per heavy atom. The molecule has 2 heterocycles. The van der Waals surface area contributed by atoms with E-state index < -0.39 is 17.9 Å². The van der Waals surface area contributed by atoms with Crippen molar-refractivity contribution in [2.75, 3.05) is 35.2 Å². The van der Waals surface area contributed by atoms with Crippen molar-refractivity contribution in [3.63, 3.8) is 0 Å². The monoisotopic (exact) mass is 549 g/mol. The molecule has 2 aromatic carbocycles. The highest BCUT2D eigenvalue weighted by atomic mass is 79.9. The summed E-state index contributed by atoms with van der Waals surface area (Å²) in [6.45, 7) is 1.86. The van der Waals surface area contributed by atoms with Crippen molar-refractivity contribution in [1.29, 1.82) is 0 Å². The van der Waals surface area contributed by atoms with E-state index in [9.17, 15) is 4.79 Å². The van der Waals surface area contributed by atoms with Crippen LogP contribution in [-0.2, 0) is 9.63 Å². The maximum atomic E-state index is 12.8. The van der Waals surface area contributed by atoms with Crippen molar-refractivity contribution in [2.45, 2.75) is 13.0 Å². The number of methoxy groups -OCH3 is 4. The lowest BCUT2D eigenvalue weighted by Crippen LogP contribution is -2.31. The normalized spacial score (nSPS) is 18.2. The van der Waals surface area contributed by atoms with Crippen molar-refractivity contribution in [1.82, 2.24) is 5.43 Å². The standard InChI is InChI=1S/C23H24BrN3O8/c1-11-17(23(28)26-25-9-12-6-7-13(29-2)8-14(12)30-3)27-35-18(11)15-16(24)20-22(34-10-33-20)21(32-5)19(15)31-4/h6-9,11,18H,10H2,1-5H3,(H,26,28)/b25-9-/t11-,18+/m0/s1. The van der Waals surface area contributed by atoms with E-state index in [1.165, 1.54) is 27.5 Å². The minimum atomic E-state index is -0.658. The Hall–Kier alpha value is -3.67. The fraction of sp³-hybridized carbons (Fsp3) is 0.348. The van der Waals surface area contributed by atoms with E-state index in [-0.39, 0.29) is 12.5 Å². The molecule has 0 fully saturated rings. The smallest absolute Gasteiger partial charge is 0.289 e. The molecule has 0 radical (unpaired) electrons. The topological polar surface area (TPSA) is 118 Å². The summed E-state index contributed by atoms with van der Waals surface area (Å²) in [7, 11) is 6.11. The molecule has 11 nitrogen and oxygen atoms in total. The first-order valence-electron chi connectivity index (χ1n) is 10.5. The molecule has 0 saturated carbocycles. The number of nitrogens with zero attached hydrogens (tertiary/aromatic N) is 2. The first-order chi connectivity index (χ1) is 16.9. The second kappa shape index (κ2) is 10.3. The summed E-state index contributed by atoms with van der Waals surface area (Å²) in [6.07, 6.45) is 0.811. The summed E-state index contributed by atoms with van der Waals surface area (Å²) in [5.74, 6) is 1.87. The number of halogens is 1. The SMILES string of the molecule is COc1ccc(/C=N\NC(=O)C2=NO[C@@H](c3c(Br)c4c(c(OC)c3OC)OCO4)[C@H]2C)c(OC)c1. The summed E-state index contributed by atoms with van der Waals surface area (Å²) in [4.78, 5) is 18.5. The average Bonchev–Trinajstić information content (AvgIpc) is 3.51. The number of hydrogen-bond acceptors (Lipinski definition) is 10. The Kier molecular flexibility index (Phi) is 7.20. The number of carbonyl (C=O) groups excluding carboxylic acids is 1. The third-order valence-electron chi connectivity index (χ3n) is 5.59. The van der Waals surface area contributed by atoms with Gasteiger partial charge in [-0.3, -0.25) is 4.79 Å². The van der Waals surface area contributed by atoms with Gasteiger partial charge in [-0.1, -0.05) is 12.1 Å². The second-order valence-corrected chi connectivity index (χ2v) is 8.25. The second-order valence-electron chi connectivity index (χ2n) is 7.46. The number of amides is 1. The molecular formula is C23H24BrN3O8. The van der Waals surface area contributed by atoms with Crippen LogP contribution in [0.3, 0.4) is 0 Å². The van der Waals surface area contributed by atoms with Crippen LogP contribution in [0.1, 0.15) is 24.2 Å². The van der Waals surface area contributed by atoms with E-state index in [1.807, 2.05) is 6.92 Å². The molecule has 2 aliphatic rings. The Morgan fingerprint density at radius 3 is 2.54 bits per heavy atom. The van der Waals surface area contributed by atoms with Gasteiger partial charge in [0.15, 0.2) is 23.3 Å². The summed E-state index contributed by atoms with van der Waals surface area (Å²) < 4.78 is 33.3. The van der Waals surface area contributed by atoms with Crippen molar-refractivity contribution < 1.29 is 38.1 Å². The Morgan fingerprint density at radius 1 is 1.11 bits per heavy atom. The van der Waals surface area contributed by atoms with E-state index >= 15 is 0 Å². The molecule has 2 aliphatic heterocycles. The van der Waals surface area contributed by atoms with Crippen molar-refractivity contribution in [3.8, 4) is 34.5 Å². The molecule has 2 atom stereocenters. The molecule has 0 unspecified atom stereocenters. The van der Waals surface area contributed by atoms with Crippen LogP contribution in [0, 0.1) is 5.92 Å². The van der Waals surface area contributed by atoms with Crippen molar-refractivity contribution >= 4 is 33.8 Å². The fourth-order valence-corrected chi connectivity index (χ4v) is 4.53. The molecular weight excluding hydrogens is 526 g/mol. The lowest BCUT2D eigenvalue weighted by molar-refractivity contribution is -0.115. The Labute approximate surface area is 210 Å². The lowest BCUT2D eigenvalue weighted by atomic mass is 9.92. The third kappa shape index (κ3) is 4.41. The van der Waals surface area contributed by atoms with Gasteiger partial charge < -0.3 is 33.3 Å². The first-order valence-corrected chi connectivity index (χ1v) is 11.3. The molecule has 0 saturated heterocycles. The predicted octanol–water partition coefficient (Wildman–Crippen LogP) is 3.43. The highest BCUT2D eigenvalue weighted by molar-refractivity contribution is 9.10. The van der Waals surface area contributed by atoms with E-state index in [0.29, 0.717) is 50.1 Å². The minimum absolute atomic E-state index is 0.0408. The quantitative estimate of drug-likeness (QED) is 0.393. The number of oxime groups is 1.